The van der Waals surface area contributed by atoms with Crippen LogP contribution in [0.15, 0.2) is 18.2 Å². The first-order chi connectivity index (χ1) is 10.2. The second kappa shape index (κ2) is 5.07. The lowest BCUT2D eigenvalue weighted by Gasteiger charge is -2.41. The third kappa shape index (κ3) is 2.31. The van der Waals surface area contributed by atoms with Crippen LogP contribution in [-0.4, -0.2) is 36.1 Å². The largest absolute Gasteiger partial charge is 0.486 e. The van der Waals surface area contributed by atoms with Gasteiger partial charge in [0, 0.05) is 18.8 Å². The number of benzene rings is 1. The lowest BCUT2D eigenvalue weighted by molar-refractivity contribution is -0.0137. The predicted molar refractivity (Wildman–Crippen MR) is 82.3 cm³/mol. The zero-order valence-electron chi connectivity index (χ0n) is 11.7. The lowest BCUT2D eigenvalue weighted by atomic mass is 9.82. The molecule has 0 radical (unpaired) electrons. The van der Waals surface area contributed by atoms with Crippen molar-refractivity contribution in [2.24, 2.45) is 0 Å². The first-order valence-electron chi connectivity index (χ1n) is 7.49. The zero-order valence-corrected chi connectivity index (χ0v) is 13.3. The van der Waals surface area contributed by atoms with Crippen LogP contribution < -0.4 is 10.1 Å². The molecule has 4 rings (SSSR count). The molecule has 0 aliphatic carbocycles. The van der Waals surface area contributed by atoms with E-state index in [-0.39, 0.29) is 16.4 Å². The highest BCUT2D eigenvalue weighted by Gasteiger charge is 2.42. The number of Topliss-reactive ketones (excluding diaryl/α,β-unsaturated/α-hetero) is 1. The summed E-state index contributed by atoms with van der Waals surface area (Å²) in [6.07, 6.45) is 2.31. The highest BCUT2D eigenvalue weighted by Crippen LogP contribution is 2.41. The molecule has 1 spiro atoms. The Bertz CT molecular complexity index is 583. The summed E-state index contributed by atoms with van der Waals surface area (Å²) in [7, 11) is 0. The molecule has 21 heavy (non-hydrogen) atoms. The Morgan fingerprint density at radius 1 is 1.29 bits per heavy atom. The third-order valence-corrected chi connectivity index (χ3v) is 5.71. The Morgan fingerprint density at radius 2 is 2.10 bits per heavy atom. The normalized spacial score (nSPS) is 30.4. The summed E-state index contributed by atoms with van der Waals surface area (Å²) in [5, 5.41) is 3.39. The van der Waals surface area contributed by atoms with Crippen LogP contribution in [-0.2, 0) is 4.74 Å². The fourth-order valence-corrected chi connectivity index (χ4v) is 4.03. The van der Waals surface area contributed by atoms with Gasteiger partial charge in [0.2, 0.25) is 0 Å². The van der Waals surface area contributed by atoms with Crippen molar-refractivity contribution in [1.29, 1.82) is 0 Å². The van der Waals surface area contributed by atoms with Gasteiger partial charge in [0.25, 0.3) is 0 Å². The molecule has 1 aromatic rings. The van der Waals surface area contributed by atoms with Gasteiger partial charge in [-0.25, -0.2) is 0 Å². The molecule has 3 heterocycles. The molecular weight excluding hydrogens is 334 g/mol. The summed E-state index contributed by atoms with van der Waals surface area (Å²) in [5.41, 5.74) is 1.61. The van der Waals surface area contributed by atoms with Crippen LogP contribution in [0.4, 0.5) is 0 Å². The van der Waals surface area contributed by atoms with Crippen molar-refractivity contribution in [3.05, 3.63) is 29.3 Å². The van der Waals surface area contributed by atoms with Gasteiger partial charge >= 0.3 is 0 Å². The molecule has 2 atom stereocenters. The van der Waals surface area contributed by atoms with Gasteiger partial charge in [0.1, 0.15) is 16.4 Å². The topological polar surface area (TPSA) is 47.6 Å². The Kier molecular flexibility index (Phi) is 3.32. The zero-order chi connectivity index (χ0) is 14.4. The first kappa shape index (κ1) is 13.7. The number of ether oxygens (including phenoxy) is 2. The van der Waals surface area contributed by atoms with Gasteiger partial charge < -0.3 is 14.8 Å². The van der Waals surface area contributed by atoms with E-state index in [2.05, 4.69) is 27.3 Å². The smallest absolute Gasteiger partial charge is 0.170 e. The fraction of sp³-hybridized carbons (Fsp3) is 0.562. The van der Waals surface area contributed by atoms with Crippen molar-refractivity contribution < 1.29 is 14.3 Å². The van der Waals surface area contributed by atoms with Crippen molar-refractivity contribution >= 4 is 21.7 Å². The monoisotopic (exact) mass is 351 g/mol. The maximum atomic E-state index is 12.6. The number of ketones is 1. The van der Waals surface area contributed by atoms with Crippen LogP contribution in [0.25, 0.3) is 0 Å². The number of piperidine rings is 1. The number of nitrogens with one attached hydrogen (secondary N) is 1. The van der Waals surface area contributed by atoms with E-state index in [1.54, 1.807) is 0 Å². The van der Waals surface area contributed by atoms with E-state index >= 15 is 0 Å². The van der Waals surface area contributed by atoms with Crippen LogP contribution in [0.1, 0.15) is 41.1 Å². The van der Waals surface area contributed by atoms with Crippen molar-refractivity contribution in [3.8, 4) is 5.75 Å². The van der Waals surface area contributed by atoms with E-state index in [9.17, 15) is 4.79 Å². The lowest BCUT2D eigenvalue weighted by Crippen LogP contribution is -2.49. The number of halogens is 1. The Hall–Kier alpha value is -0.910. The highest BCUT2D eigenvalue weighted by atomic mass is 79.9. The number of hydrogen-bond acceptors (Lipinski definition) is 4. The van der Waals surface area contributed by atoms with Crippen LogP contribution in [0, 0.1) is 0 Å². The molecule has 0 amide bonds. The fourth-order valence-electron chi connectivity index (χ4n) is 3.42. The van der Waals surface area contributed by atoms with Crippen LogP contribution in [0.5, 0.6) is 5.75 Å². The van der Waals surface area contributed by atoms with E-state index in [1.165, 1.54) is 0 Å². The summed E-state index contributed by atoms with van der Waals surface area (Å²) in [6, 6.07) is 6.02. The first-order valence-corrected chi connectivity index (χ1v) is 8.41. The summed E-state index contributed by atoms with van der Waals surface area (Å²) in [4.78, 5) is 12.6. The van der Waals surface area contributed by atoms with Gasteiger partial charge in [-0.2, -0.15) is 0 Å². The van der Waals surface area contributed by atoms with E-state index < -0.39 is 0 Å². The minimum absolute atomic E-state index is 0.0610. The molecule has 3 aliphatic rings. The molecule has 2 unspecified atom stereocenters. The minimum Gasteiger partial charge on any atom is -0.486 e. The molecule has 5 heteroatoms. The molecule has 3 aliphatic heterocycles. The minimum atomic E-state index is -0.283. The molecule has 1 N–H and O–H groups in total. The number of hydrogen-bond donors (Lipinski definition) is 1. The summed E-state index contributed by atoms with van der Waals surface area (Å²) in [5.74, 6) is 1.30. The molecule has 1 aromatic carbocycles. The molecular formula is C16H18BrNO3. The Balaban J connectivity index is 1.64. The van der Waals surface area contributed by atoms with Crippen LogP contribution in [0.2, 0.25) is 0 Å². The molecule has 4 nitrogen and oxygen atoms in total. The standard InChI is InChI=1S/C16H18BrNO3/c17-15-12(9-20-15)10-1-2-14-11(7-10)13(19)8-16(21-14)3-5-18-6-4-16/h1-2,7,12,15,18H,3-6,8-9H2. The average molecular weight is 352 g/mol. The summed E-state index contributed by atoms with van der Waals surface area (Å²) >= 11 is 3.49. The van der Waals surface area contributed by atoms with Crippen LogP contribution in [0.3, 0.4) is 0 Å². The van der Waals surface area contributed by atoms with Gasteiger partial charge in [-0.05, 0) is 30.8 Å². The molecule has 0 saturated carbocycles. The van der Waals surface area contributed by atoms with Gasteiger partial charge in [0.15, 0.2) is 5.78 Å². The van der Waals surface area contributed by atoms with Gasteiger partial charge in [-0.15, -0.1) is 0 Å². The van der Waals surface area contributed by atoms with Gasteiger partial charge in [-0.3, -0.25) is 4.79 Å². The number of rotatable bonds is 1. The van der Waals surface area contributed by atoms with Gasteiger partial charge in [0.05, 0.1) is 18.6 Å². The summed E-state index contributed by atoms with van der Waals surface area (Å²) < 4.78 is 11.6. The van der Waals surface area contributed by atoms with E-state index in [4.69, 9.17) is 9.47 Å². The van der Waals surface area contributed by atoms with Crippen molar-refractivity contribution in [2.45, 2.75) is 35.8 Å². The molecule has 0 bridgehead atoms. The molecule has 112 valence electrons. The van der Waals surface area contributed by atoms with E-state index in [1.807, 2.05) is 12.1 Å². The highest BCUT2D eigenvalue weighted by molar-refractivity contribution is 9.09. The molecule has 2 fully saturated rings. The quantitative estimate of drug-likeness (QED) is 0.790. The molecule has 0 aromatic heterocycles. The van der Waals surface area contributed by atoms with E-state index in [0.717, 1.165) is 42.8 Å². The maximum absolute atomic E-state index is 12.6. The number of alkyl halides is 1. The van der Waals surface area contributed by atoms with E-state index in [0.29, 0.717) is 18.9 Å². The van der Waals surface area contributed by atoms with Crippen molar-refractivity contribution in [3.63, 3.8) is 0 Å². The van der Waals surface area contributed by atoms with Crippen LogP contribution >= 0.6 is 15.9 Å². The second-order valence-electron chi connectivity index (χ2n) is 6.18. The van der Waals surface area contributed by atoms with Crippen molar-refractivity contribution in [2.75, 3.05) is 19.7 Å². The maximum Gasteiger partial charge on any atom is 0.170 e. The number of carbonyl (C=O) groups is 1. The second-order valence-corrected chi connectivity index (χ2v) is 7.08. The predicted octanol–water partition coefficient (Wildman–Crippen LogP) is 2.61. The SMILES string of the molecule is O=C1CC2(CCNCC2)Oc2ccc(C3COC3Br)cc21. The number of carbonyl (C=O) groups excluding carboxylic acids is 1. The Morgan fingerprint density at radius 3 is 2.76 bits per heavy atom. The molecule has 2 saturated heterocycles. The van der Waals surface area contributed by atoms with Gasteiger partial charge in [-0.1, -0.05) is 22.0 Å². The summed E-state index contributed by atoms with van der Waals surface area (Å²) in [6.45, 7) is 2.55. The average Bonchev–Trinajstić information content (AvgIpc) is 2.47. The van der Waals surface area contributed by atoms with Crippen molar-refractivity contribution in [1.82, 2.24) is 5.32 Å². The Labute approximate surface area is 132 Å². The third-order valence-electron chi connectivity index (χ3n) is 4.81. The number of fused-ring (bicyclic) bond motifs is 1.